The number of hydrogen-bond donors (Lipinski definition) is 3. The van der Waals surface area contributed by atoms with Gasteiger partial charge in [0.05, 0.1) is 0 Å². The number of hydrogen-bond acceptors (Lipinski definition) is 6. The summed E-state index contributed by atoms with van der Waals surface area (Å²) in [7, 11) is 0. The van der Waals surface area contributed by atoms with E-state index in [9.17, 15) is 10.2 Å². The minimum atomic E-state index is -1.22. The van der Waals surface area contributed by atoms with Crippen LogP contribution in [0.5, 0.6) is 0 Å². The molecule has 0 aliphatic carbocycles. The molecule has 0 aromatic heterocycles. The topological polar surface area (TPSA) is 68.1 Å². The van der Waals surface area contributed by atoms with Gasteiger partial charge >= 0.3 is 181 Å². The van der Waals surface area contributed by atoms with Crippen molar-refractivity contribution in [3.05, 3.63) is 11.4 Å². The SMILES string of the molecule is CCCCSC1=NC2=C(CN1CBr)N[C@H](O)C(C)(O)[C@@H]2C[C@H](C)CCC[I-]C. The quantitative estimate of drug-likeness (QED) is 0.151. The number of alkyl halides is 3. The molecule has 5 nitrogen and oxygen atoms in total. The fourth-order valence-corrected chi connectivity index (χ4v) is 6.60. The summed E-state index contributed by atoms with van der Waals surface area (Å²) in [6.45, 7) is 6.91. The average Bonchev–Trinajstić information content (AvgIpc) is 2.66. The zero-order chi connectivity index (χ0) is 20.7. The van der Waals surface area contributed by atoms with Crippen LogP contribution in [-0.2, 0) is 0 Å². The second-order valence-corrected chi connectivity index (χ2v) is 12.2. The number of unbranched alkanes of at least 4 members (excludes halogenated alkanes) is 1. The summed E-state index contributed by atoms with van der Waals surface area (Å²) in [5, 5.41) is 25.9. The van der Waals surface area contributed by atoms with Crippen LogP contribution < -0.4 is 26.5 Å². The van der Waals surface area contributed by atoms with Gasteiger partial charge in [0.1, 0.15) is 0 Å². The molecular weight excluding hydrogens is 553 g/mol. The molecule has 1 unspecified atom stereocenters. The molecule has 0 saturated heterocycles. The van der Waals surface area contributed by atoms with E-state index in [0.29, 0.717) is 39.1 Å². The molecule has 2 rings (SSSR count). The van der Waals surface area contributed by atoms with E-state index >= 15 is 0 Å². The van der Waals surface area contributed by atoms with E-state index in [2.05, 4.69) is 44.9 Å². The molecule has 0 fully saturated rings. The van der Waals surface area contributed by atoms with Crippen molar-refractivity contribution in [2.24, 2.45) is 16.8 Å². The number of thioether (sulfide) groups is 1. The van der Waals surface area contributed by atoms with Gasteiger partial charge in [0.25, 0.3) is 0 Å². The van der Waals surface area contributed by atoms with Gasteiger partial charge in [0.15, 0.2) is 0 Å². The van der Waals surface area contributed by atoms with Crippen molar-refractivity contribution in [2.75, 3.05) is 27.1 Å². The van der Waals surface area contributed by atoms with Gasteiger partial charge in [0, 0.05) is 0 Å². The van der Waals surface area contributed by atoms with Crippen LogP contribution in [0.4, 0.5) is 0 Å². The third-order valence-corrected chi connectivity index (χ3v) is 9.12. The molecule has 2 heterocycles. The number of nitrogens with zero attached hydrogens (tertiary/aromatic N) is 2. The molecule has 0 amide bonds. The molecule has 8 heteroatoms. The van der Waals surface area contributed by atoms with Crippen LogP contribution in [0.3, 0.4) is 0 Å². The number of nitrogens with one attached hydrogen (secondary N) is 1. The van der Waals surface area contributed by atoms with Gasteiger partial charge in [-0.3, -0.25) is 0 Å². The predicted molar refractivity (Wildman–Crippen MR) is 119 cm³/mol. The molecule has 0 spiro atoms. The van der Waals surface area contributed by atoms with Gasteiger partial charge < -0.3 is 0 Å². The van der Waals surface area contributed by atoms with Crippen LogP contribution in [0.25, 0.3) is 0 Å². The first-order valence-corrected chi connectivity index (χ1v) is 16.0. The van der Waals surface area contributed by atoms with Crippen LogP contribution >= 0.6 is 27.7 Å². The molecule has 0 saturated carbocycles. The van der Waals surface area contributed by atoms with E-state index in [1.165, 1.54) is 30.1 Å². The Morgan fingerprint density at radius 1 is 1.46 bits per heavy atom. The second kappa shape index (κ2) is 11.8. The normalized spacial score (nSPS) is 28.8. The van der Waals surface area contributed by atoms with Crippen LogP contribution in [0.1, 0.15) is 52.9 Å². The first kappa shape index (κ1) is 24.8. The Kier molecular flexibility index (Phi) is 10.4. The van der Waals surface area contributed by atoms with E-state index in [-0.39, 0.29) is 5.92 Å². The number of halogens is 2. The zero-order valence-corrected chi connectivity index (χ0v) is 22.1. The maximum atomic E-state index is 11.1. The van der Waals surface area contributed by atoms with E-state index in [1.807, 2.05) is 0 Å². The van der Waals surface area contributed by atoms with Crippen molar-refractivity contribution in [3.8, 4) is 0 Å². The summed E-state index contributed by atoms with van der Waals surface area (Å²) >= 11 is 5.72. The second-order valence-electron chi connectivity index (χ2n) is 8.04. The van der Waals surface area contributed by atoms with E-state index in [1.54, 1.807) is 18.7 Å². The summed E-state index contributed by atoms with van der Waals surface area (Å²) in [6, 6.07) is 0. The number of aliphatic hydroxyl groups is 2. The predicted octanol–water partition coefficient (Wildman–Crippen LogP) is 0.569. The van der Waals surface area contributed by atoms with Gasteiger partial charge in [-0.15, -0.1) is 0 Å². The Balaban J connectivity index is 2.24. The molecule has 0 aromatic rings. The van der Waals surface area contributed by atoms with E-state index < -0.39 is 11.8 Å². The fourth-order valence-electron chi connectivity index (χ4n) is 3.72. The molecule has 4 atom stereocenters. The van der Waals surface area contributed by atoms with Crippen molar-refractivity contribution in [2.45, 2.75) is 64.7 Å². The average molecular weight is 589 g/mol. The van der Waals surface area contributed by atoms with Crippen molar-refractivity contribution in [1.29, 1.82) is 0 Å². The Morgan fingerprint density at radius 3 is 2.86 bits per heavy atom. The Hall–Kier alpha value is 0.490. The van der Waals surface area contributed by atoms with Crippen LogP contribution in [0.15, 0.2) is 16.4 Å². The van der Waals surface area contributed by atoms with Gasteiger partial charge in [-0.1, -0.05) is 13.3 Å². The van der Waals surface area contributed by atoms with Crippen molar-refractivity contribution in [3.63, 3.8) is 0 Å². The van der Waals surface area contributed by atoms with Crippen molar-refractivity contribution < 1.29 is 31.4 Å². The first-order chi connectivity index (χ1) is 13.3. The number of aliphatic hydroxyl groups excluding tert-OH is 1. The summed E-state index contributed by atoms with van der Waals surface area (Å²) in [6.07, 6.45) is 4.68. The minimum absolute atomic E-state index is 0.149. The van der Waals surface area contributed by atoms with Crippen molar-refractivity contribution in [1.82, 2.24) is 10.2 Å². The van der Waals surface area contributed by atoms with Crippen LogP contribution in [-0.4, -0.2) is 59.2 Å². The number of amidine groups is 1. The summed E-state index contributed by atoms with van der Waals surface area (Å²) in [4.78, 5) is 9.53. The first-order valence-electron chi connectivity index (χ1n) is 10.2. The Morgan fingerprint density at radius 2 is 2.21 bits per heavy atom. The molecule has 164 valence electrons. The molecule has 2 aliphatic heterocycles. The molecule has 0 radical (unpaired) electrons. The van der Waals surface area contributed by atoms with Gasteiger partial charge in [-0.25, -0.2) is 0 Å². The number of aliphatic imine (C=N–C) groups is 1. The Bertz CT molecular complexity index is 574. The molecule has 28 heavy (non-hydrogen) atoms. The third-order valence-electron chi connectivity index (χ3n) is 5.58. The zero-order valence-electron chi connectivity index (χ0n) is 17.5. The molecule has 0 bridgehead atoms. The molecular formula is C20H36BrIN3O2S-. The van der Waals surface area contributed by atoms with Crippen LogP contribution in [0, 0.1) is 11.8 Å². The standard InChI is InChI=1S/C20H36BrIN3O2S/c1-5-6-10-28-19-24-17-15(11-14(2)8-7-9-22-4)20(3,27)18(26)23-16(17)12-25(19)13-21/h14-15,18,23,26-27H,5-13H2,1-4H3/q-1/t14-,15-,18-,20?/m1/s1. The number of rotatable bonds is 10. The summed E-state index contributed by atoms with van der Waals surface area (Å²) < 4.78 is 1.36. The van der Waals surface area contributed by atoms with Gasteiger partial charge in [0.2, 0.25) is 0 Å². The molecule has 2 aliphatic rings. The van der Waals surface area contributed by atoms with Crippen molar-refractivity contribution >= 4 is 32.9 Å². The summed E-state index contributed by atoms with van der Waals surface area (Å²) in [5.41, 5.74) is 1.39. The van der Waals surface area contributed by atoms with Gasteiger partial charge in [-0.2, -0.15) is 0 Å². The van der Waals surface area contributed by atoms with E-state index in [0.717, 1.165) is 28.7 Å². The monoisotopic (exact) mass is 588 g/mol. The van der Waals surface area contributed by atoms with E-state index in [4.69, 9.17) is 4.99 Å². The van der Waals surface area contributed by atoms with Gasteiger partial charge in [-0.05, 0) is 0 Å². The maximum absolute atomic E-state index is 11.1. The fraction of sp³-hybridized carbons (Fsp3) is 0.850. The molecule has 3 N–H and O–H groups in total. The third kappa shape index (κ3) is 6.25. The van der Waals surface area contributed by atoms with Crippen LogP contribution in [0.2, 0.25) is 0 Å². The molecule has 0 aromatic carbocycles. The summed E-state index contributed by atoms with van der Waals surface area (Å²) in [5.74, 6) is 1.41. The Labute approximate surface area is 193 Å².